The third-order valence-electron chi connectivity index (χ3n) is 5.06. The maximum atomic E-state index is 13.1. The molecule has 3 aromatic rings. The van der Waals surface area contributed by atoms with Crippen LogP contribution in [0.3, 0.4) is 0 Å². The van der Waals surface area contributed by atoms with E-state index in [1.807, 2.05) is 0 Å². The number of halogens is 6. The molecule has 14 heteroatoms. The summed E-state index contributed by atoms with van der Waals surface area (Å²) in [4.78, 5) is 12.4. The largest absolute Gasteiger partial charge is 0.485 e. The molecule has 0 saturated heterocycles. The van der Waals surface area contributed by atoms with Crippen LogP contribution in [0.2, 0.25) is 0 Å². The Morgan fingerprint density at radius 3 is 2.35 bits per heavy atom. The fourth-order valence-corrected chi connectivity index (χ4v) is 4.20. The van der Waals surface area contributed by atoms with E-state index in [1.54, 1.807) is 34.9 Å². The number of benzene rings is 2. The molecule has 2 aromatic carbocycles. The average Bonchev–Trinajstić information content (AvgIpc) is 3.24. The highest BCUT2D eigenvalue weighted by Crippen LogP contribution is 2.38. The Balaban J connectivity index is 1.48. The number of hydrogen-bond donors (Lipinski definition) is 1. The number of hydrogen-bond acceptors (Lipinski definition) is 6. The molecule has 0 radical (unpaired) electrons. The number of nitrogens with zero attached hydrogens (tertiary/aromatic N) is 3. The SMILES string of the molecule is C=CCn1c(SCC(=O)Nc2cc(C(F)(F)F)cc(C(F)(F)F)c2)nnc1C1COc2ccccc2O1. The van der Waals surface area contributed by atoms with Gasteiger partial charge in [0.25, 0.3) is 0 Å². The third kappa shape index (κ3) is 6.18. The third-order valence-corrected chi connectivity index (χ3v) is 6.02. The lowest BCUT2D eigenvalue weighted by atomic mass is 10.1. The summed E-state index contributed by atoms with van der Waals surface area (Å²) in [5, 5.41) is 10.5. The number of para-hydroxylation sites is 2. The smallest absolute Gasteiger partial charge is 0.416 e. The van der Waals surface area contributed by atoms with Crippen molar-refractivity contribution in [3.8, 4) is 11.5 Å². The molecular formula is C23H18F6N4O3S. The van der Waals surface area contributed by atoms with Crippen LogP contribution in [-0.4, -0.2) is 33.0 Å². The van der Waals surface area contributed by atoms with E-state index >= 15 is 0 Å². The number of aromatic nitrogens is 3. The van der Waals surface area contributed by atoms with E-state index in [-0.39, 0.29) is 30.1 Å². The molecule has 2 heterocycles. The molecule has 37 heavy (non-hydrogen) atoms. The van der Waals surface area contributed by atoms with Gasteiger partial charge in [0.05, 0.1) is 16.9 Å². The van der Waals surface area contributed by atoms with Crippen molar-refractivity contribution < 1.29 is 40.6 Å². The van der Waals surface area contributed by atoms with Crippen LogP contribution in [-0.2, 0) is 23.7 Å². The number of allylic oxidation sites excluding steroid dienone is 1. The number of fused-ring (bicyclic) bond motifs is 1. The first kappa shape index (κ1) is 26.4. The number of amides is 1. The predicted molar refractivity (Wildman–Crippen MR) is 121 cm³/mol. The summed E-state index contributed by atoms with van der Waals surface area (Å²) in [7, 11) is 0. The number of rotatable bonds is 7. The molecule has 0 bridgehead atoms. The van der Waals surface area contributed by atoms with Gasteiger partial charge < -0.3 is 14.8 Å². The molecule has 1 N–H and O–H groups in total. The second kappa shape index (κ2) is 10.4. The molecule has 1 aliphatic rings. The Labute approximate surface area is 210 Å². The normalized spacial score (nSPS) is 15.4. The lowest BCUT2D eigenvalue weighted by Crippen LogP contribution is -2.25. The Bertz CT molecular complexity index is 1280. The number of anilines is 1. The fraction of sp³-hybridized carbons (Fsp3) is 0.261. The van der Waals surface area contributed by atoms with Crippen LogP contribution in [0.25, 0.3) is 0 Å². The first-order chi connectivity index (χ1) is 17.5. The zero-order valence-electron chi connectivity index (χ0n) is 18.8. The van der Waals surface area contributed by atoms with Crippen molar-refractivity contribution in [1.29, 1.82) is 0 Å². The average molecular weight is 544 g/mol. The Hall–Kier alpha value is -3.68. The lowest BCUT2D eigenvalue weighted by molar-refractivity contribution is -0.143. The highest BCUT2D eigenvalue weighted by molar-refractivity contribution is 7.99. The van der Waals surface area contributed by atoms with Crippen LogP contribution in [0.1, 0.15) is 23.1 Å². The molecule has 1 unspecified atom stereocenters. The number of ether oxygens (including phenoxy) is 2. The van der Waals surface area contributed by atoms with Crippen LogP contribution < -0.4 is 14.8 Å². The molecule has 0 fully saturated rings. The second-order valence-electron chi connectivity index (χ2n) is 7.74. The predicted octanol–water partition coefficient (Wildman–Crippen LogP) is 5.75. The van der Waals surface area contributed by atoms with Crippen molar-refractivity contribution in [3.63, 3.8) is 0 Å². The minimum Gasteiger partial charge on any atom is -0.485 e. The van der Waals surface area contributed by atoms with Gasteiger partial charge in [0, 0.05) is 12.2 Å². The van der Waals surface area contributed by atoms with Crippen LogP contribution in [0, 0.1) is 0 Å². The van der Waals surface area contributed by atoms with Gasteiger partial charge in [0.1, 0.15) is 6.61 Å². The minimum atomic E-state index is -5.03. The van der Waals surface area contributed by atoms with Gasteiger partial charge in [-0.25, -0.2) is 0 Å². The maximum absolute atomic E-state index is 13.1. The van der Waals surface area contributed by atoms with Crippen LogP contribution in [0.4, 0.5) is 32.0 Å². The second-order valence-corrected chi connectivity index (χ2v) is 8.68. The summed E-state index contributed by atoms with van der Waals surface area (Å²) in [6.45, 7) is 4.08. The molecule has 0 saturated carbocycles. The first-order valence-corrected chi connectivity index (χ1v) is 11.6. The Morgan fingerprint density at radius 1 is 1.08 bits per heavy atom. The quantitative estimate of drug-likeness (QED) is 0.232. The van der Waals surface area contributed by atoms with Crippen molar-refractivity contribution >= 4 is 23.4 Å². The van der Waals surface area contributed by atoms with E-state index in [0.29, 0.717) is 29.5 Å². The summed E-state index contributed by atoms with van der Waals surface area (Å²) in [6.07, 6.45) is -9.11. The van der Waals surface area contributed by atoms with E-state index in [2.05, 4.69) is 22.1 Å². The van der Waals surface area contributed by atoms with Gasteiger partial charge in [0.2, 0.25) is 5.91 Å². The number of carbonyl (C=O) groups is 1. The van der Waals surface area contributed by atoms with E-state index in [1.165, 1.54) is 0 Å². The van der Waals surface area contributed by atoms with Crippen molar-refractivity contribution in [2.75, 3.05) is 17.7 Å². The fourth-order valence-electron chi connectivity index (χ4n) is 3.45. The molecule has 7 nitrogen and oxygen atoms in total. The Morgan fingerprint density at radius 2 is 1.73 bits per heavy atom. The zero-order valence-corrected chi connectivity index (χ0v) is 19.6. The Kier molecular flexibility index (Phi) is 7.39. The molecule has 1 aliphatic heterocycles. The topological polar surface area (TPSA) is 78.3 Å². The maximum Gasteiger partial charge on any atom is 0.416 e. The van der Waals surface area contributed by atoms with E-state index in [0.717, 1.165) is 11.8 Å². The molecular weight excluding hydrogens is 526 g/mol. The van der Waals surface area contributed by atoms with Crippen LogP contribution >= 0.6 is 11.8 Å². The summed E-state index contributed by atoms with van der Waals surface area (Å²) in [5.41, 5.74) is -3.69. The molecule has 4 rings (SSSR count). The van der Waals surface area contributed by atoms with Crippen molar-refractivity contribution in [2.45, 2.75) is 30.2 Å². The number of thioether (sulfide) groups is 1. The highest BCUT2D eigenvalue weighted by Gasteiger charge is 2.37. The highest BCUT2D eigenvalue weighted by atomic mass is 32.2. The van der Waals surface area contributed by atoms with Gasteiger partial charge in [-0.05, 0) is 30.3 Å². The number of carbonyl (C=O) groups excluding carboxylic acids is 1. The lowest BCUT2D eigenvalue weighted by Gasteiger charge is -2.26. The van der Waals surface area contributed by atoms with Gasteiger partial charge in [-0.2, -0.15) is 26.3 Å². The van der Waals surface area contributed by atoms with Crippen molar-refractivity contribution in [3.05, 3.63) is 72.1 Å². The van der Waals surface area contributed by atoms with E-state index in [9.17, 15) is 31.1 Å². The molecule has 1 aromatic heterocycles. The molecule has 196 valence electrons. The van der Waals surface area contributed by atoms with Crippen molar-refractivity contribution in [2.24, 2.45) is 0 Å². The van der Waals surface area contributed by atoms with Crippen molar-refractivity contribution in [1.82, 2.24) is 14.8 Å². The molecule has 0 spiro atoms. The van der Waals surface area contributed by atoms with Gasteiger partial charge in [0.15, 0.2) is 28.6 Å². The summed E-state index contributed by atoms with van der Waals surface area (Å²) in [6, 6.07) is 7.92. The van der Waals surface area contributed by atoms with Gasteiger partial charge in [-0.1, -0.05) is 30.0 Å². The van der Waals surface area contributed by atoms with Gasteiger partial charge in [-0.3, -0.25) is 9.36 Å². The number of alkyl halides is 6. The summed E-state index contributed by atoms with van der Waals surface area (Å²) < 4.78 is 91.7. The molecule has 1 amide bonds. The van der Waals surface area contributed by atoms with Gasteiger partial charge in [-0.15, -0.1) is 16.8 Å². The molecule has 0 aliphatic carbocycles. The first-order valence-electron chi connectivity index (χ1n) is 10.6. The monoisotopic (exact) mass is 544 g/mol. The minimum absolute atomic E-state index is 0.0147. The van der Waals surface area contributed by atoms with Gasteiger partial charge >= 0.3 is 12.4 Å². The summed E-state index contributed by atoms with van der Waals surface area (Å²) >= 11 is 0.893. The van der Waals surface area contributed by atoms with E-state index in [4.69, 9.17) is 9.47 Å². The van der Waals surface area contributed by atoms with E-state index < -0.39 is 41.2 Å². The zero-order chi connectivity index (χ0) is 26.8. The summed E-state index contributed by atoms with van der Waals surface area (Å²) in [5.74, 6) is 0.281. The number of nitrogens with one attached hydrogen (secondary N) is 1. The van der Waals surface area contributed by atoms with Crippen LogP contribution in [0.15, 0.2) is 60.3 Å². The standard InChI is InChI=1S/C23H18F6N4O3S/c1-2-7-33-20(18-11-35-16-5-3-4-6-17(16)36-18)31-32-21(33)37-12-19(34)30-15-9-13(22(24,25)26)8-14(10-15)23(27,28)29/h2-6,8-10,18H,1,7,11-12H2,(H,30,34). The molecule has 1 atom stereocenters. The van der Waals surface area contributed by atoms with Crippen LogP contribution in [0.5, 0.6) is 11.5 Å².